The van der Waals surface area contributed by atoms with E-state index in [1.165, 1.54) is 28.9 Å². The van der Waals surface area contributed by atoms with Crippen LogP contribution in [0.25, 0.3) is 5.69 Å². The van der Waals surface area contributed by atoms with Gasteiger partial charge < -0.3 is 0 Å². The number of ketones is 1. The fraction of sp³-hybridized carbons (Fsp3) is 0.0588. The topological polar surface area (TPSA) is 98.0 Å². The molecule has 0 atom stereocenters. The van der Waals surface area contributed by atoms with Gasteiger partial charge in [0.25, 0.3) is 11.2 Å². The van der Waals surface area contributed by atoms with Crippen molar-refractivity contribution >= 4 is 11.5 Å². The maximum Gasteiger partial charge on any atom is 0.282 e. The van der Waals surface area contributed by atoms with Gasteiger partial charge in [0.15, 0.2) is 0 Å². The fourth-order valence-electron chi connectivity index (χ4n) is 2.53. The number of aryl methyl sites for hydroxylation is 1. The summed E-state index contributed by atoms with van der Waals surface area (Å²) in [5.41, 5.74) is -0.148. The first-order chi connectivity index (χ1) is 11.5. The van der Waals surface area contributed by atoms with Crippen LogP contribution in [-0.2, 0) is 0 Å². The van der Waals surface area contributed by atoms with Crippen molar-refractivity contribution in [2.45, 2.75) is 6.92 Å². The minimum atomic E-state index is -0.671. The maximum atomic E-state index is 12.7. The van der Waals surface area contributed by atoms with Gasteiger partial charge in [0.2, 0.25) is 5.78 Å². The number of nitrogens with one attached hydrogen (secondary N) is 1. The zero-order chi connectivity index (χ0) is 17.3. The number of benzene rings is 2. The maximum absolute atomic E-state index is 12.7. The molecule has 0 unspecified atom stereocenters. The molecule has 7 nitrogen and oxygen atoms in total. The molecule has 0 radical (unpaired) electrons. The predicted molar refractivity (Wildman–Crippen MR) is 87.7 cm³/mol. The molecule has 0 saturated carbocycles. The first-order valence-corrected chi connectivity index (χ1v) is 7.16. The van der Waals surface area contributed by atoms with Gasteiger partial charge in [-0.25, -0.2) is 4.68 Å². The Hall–Kier alpha value is -3.48. The van der Waals surface area contributed by atoms with Gasteiger partial charge in [-0.2, -0.15) is 0 Å². The van der Waals surface area contributed by atoms with Crippen molar-refractivity contribution in [3.63, 3.8) is 0 Å². The zero-order valence-corrected chi connectivity index (χ0v) is 12.7. The highest BCUT2D eigenvalue weighted by Gasteiger charge is 2.26. The van der Waals surface area contributed by atoms with Crippen LogP contribution < -0.4 is 5.56 Å². The molecule has 7 heteroatoms. The first kappa shape index (κ1) is 15.4. The molecule has 0 aliphatic carbocycles. The Morgan fingerprint density at radius 1 is 1.08 bits per heavy atom. The van der Waals surface area contributed by atoms with Crippen molar-refractivity contribution in [2.24, 2.45) is 0 Å². The quantitative estimate of drug-likeness (QED) is 0.453. The van der Waals surface area contributed by atoms with Crippen LogP contribution in [0.15, 0.2) is 59.4 Å². The summed E-state index contributed by atoms with van der Waals surface area (Å²) < 4.78 is 1.25. The fourth-order valence-corrected chi connectivity index (χ4v) is 2.53. The van der Waals surface area contributed by atoms with E-state index < -0.39 is 16.3 Å². The lowest BCUT2D eigenvalue weighted by Crippen LogP contribution is -2.21. The minimum Gasteiger partial charge on any atom is -0.295 e. The Bertz CT molecular complexity index is 987. The van der Waals surface area contributed by atoms with Crippen LogP contribution in [0, 0.1) is 17.0 Å². The SMILES string of the molecule is Cc1[nH]n(-c2ccccc2)c(=O)c1C(=O)c1ccccc1[N+](=O)[O-]. The summed E-state index contributed by atoms with van der Waals surface area (Å²) in [5.74, 6) is -0.671. The minimum absolute atomic E-state index is 0.104. The number of para-hydroxylation sites is 2. The van der Waals surface area contributed by atoms with E-state index in [0.717, 1.165) is 0 Å². The third-order valence-corrected chi connectivity index (χ3v) is 3.66. The van der Waals surface area contributed by atoms with Gasteiger partial charge in [-0.05, 0) is 25.1 Å². The molecule has 0 spiro atoms. The van der Waals surface area contributed by atoms with E-state index in [1.807, 2.05) is 6.07 Å². The molecule has 0 aliphatic rings. The van der Waals surface area contributed by atoms with Crippen LogP contribution in [0.4, 0.5) is 5.69 Å². The number of nitro groups is 1. The van der Waals surface area contributed by atoms with Crippen molar-refractivity contribution in [1.82, 2.24) is 9.78 Å². The molecular weight excluding hydrogens is 310 g/mol. The normalized spacial score (nSPS) is 10.5. The van der Waals surface area contributed by atoms with E-state index in [2.05, 4.69) is 5.10 Å². The summed E-state index contributed by atoms with van der Waals surface area (Å²) in [5, 5.41) is 14.0. The molecule has 0 fully saturated rings. The second-order valence-electron chi connectivity index (χ2n) is 5.19. The lowest BCUT2D eigenvalue weighted by atomic mass is 10.0. The molecular formula is C17H13N3O4. The highest BCUT2D eigenvalue weighted by molar-refractivity contribution is 6.11. The van der Waals surface area contributed by atoms with Gasteiger partial charge in [0, 0.05) is 11.8 Å². The van der Waals surface area contributed by atoms with Gasteiger partial charge in [-0.1, -0.05) is 30.3 Å². The molecule has 3 aromatic rings. The summed E-state index contributed by atoms with van der Waals surface area (Å²) in [6.07, 6.45) is 0. The summed E-state index contributed by atoms with van der Waals surface area (Å²) in [6, 6.07) is 14.4. The average Bonchev–Trinajstić information content (AvgIpc) is 2.89. The number of rotatable bonds is 4. The lowest BCUT2D eigenvalue weighted by Gasteiger charge is -2.00. The van der Waals surface area contributed by atoms with Crippen LogP contribution in [0.3, 0.4) is 0 Å². The largest absolute Gasteiger partial charge is 0.295 e. The van der Waals surface area contributed by atoms with Gasteiger partial charge in [0.05, 0.1) is 10.6 Å². The van der Waals surface area contributed by atoms with Gasteiger partial charge in [-0.3, -0.25) is 24.8 Å². The number of nitrogens with zero attached hydrogens (tertiary/aromatic N) is 2. The van der Waals surface area contributed by atoms with Crippen molar-refractivity contribution in [2.75, 3.05) is 0 Å². The number of hydrogen-bond donors (Lipinski definition) is 1. The Morgan fingerprint density at radius 3 is 2.38 bits per heavy atom. The van der Waals surface area contributed by atoms with Crippen LogP contribution in [0.1, 0.15) is 21.6 Å². The molecule has 0 amide bonds. The van der Waals surface area contributed by atoms with E-state index in [0.29, 0.717) is 11.4 Å². The Labute approximate surface area is 136 Å². The van der Waals surface area contributed by atoms with Crippen molar-refractivity contribution in [3.05, 3.63) is 91.9 Å². The molecule has 3 rings (SSSR count). The van der Waals surface area contributed by atoms with Gasteiger partial charge in [0.1, 0.15) is 11.1 Å². The van der Waals surface area contributed by atoms with Gasteiger partial charge >= 0.3 is 0 Å². The van der Waals surface area contributed by atoms with Crippen LogP contribution >= 0.6 is 0 Å². The Kier molecular flexibility index (Phi) is 3.83. The molecule has 0 bridgehead atoms. The summed E-state index contributed by atoms with van der Waals surface area (Å²) in [6.45, 7) is 1.59. The van der Waals surface area contributed by atoms with Crippen molar-refractivity contribution < 1.29 is 9.72 Å². The van der Waals surface area contributed by atoms with E-state index in [4.69, 9.17) is 0 Å². The van der Waals surface area contributed by atoms with E-state index in [1.54, 1.807) is 31.2 Å². The third-order valence-electron chi connectivity index (χ3n) is 3.66. The molecule has 2 aromatic carbocycles. The Balaban J connectivity index is 2.15. The number of H-pyrrole nitrogens is 1. The van der Waals surface area contributed by atoms with E-state index in [9.17, 15) is 19.7 Å². The van der Waals surface area contributed by atoms with Gasteiger partial charge in [-0.15, -0.1) is 0 Å². The molecule has 0 aliphatic heterocycles. The molecule has 1 aromatic heterocycles. The number of aromatic amines is 1. The van der Waals surface area contributed by atoms with Crippen molar-refractivity contribution in [3.8, 4) is 5.69 Å². The molecule has 1 N–H and O–H groups in total. The summed E-state index contributed by atoms with van der Waals surface area (Å²) >= 11 is 0. The van der Waals surface area contributed by atoms with Crippen molar-refractivity contribution in [1.29, 1.82) is 0 Å². The number of carbonyl (C=O) groups excluding carboxylic acids is 1. The number of carbonyl (C=O) groups is 1. The van der Waals surface area contributed by atoms with Crippen LogP contribution in [-0.4, -0.2) is 20.5 Å². The predicted octanol–water partition coefficient (Wildman–Crippen LogP) is 2.61. The second-order valence-corrected chi connectivity index (χ2v) is 5.19. The molecule has 120 valence electrons. The highest BCUT2D eigenvalue weighted by Crippen LogP contribution is 2.21. The standard InChI is InChI=1S/C17H13N3O4/c1-11-15(16(21)13-9-5-6-10-14(13)20(23)24)17(22)19(18-11)12-7-3-2-4-8-12/h2-10,18H,1H3. The average molecular weight is 323 g/mol. The molecule has 0 saturated heterocycles. The first-order valence-electron chi connectivity index (χ1n) is 7.16. The smallest absolute Gasteiger partial charge is 0.282 e. The Morgan fingerprint density at radius 2 is 1.71 bits per heavy atom. The summed E-state index contributed by atoms with van der Waals surface area (Å²) in [7, 11) is 0. The molecule has 24 heavy (non-hydrogen) atoms. The molecule has 1 heterocycles. The number of hydrogen-bond acceptors (Lipinski definition) is 4. The van der Waals surface area contributed by atoms with Crippen LogP contribution in [0.2, 0.25) is 0 Å². The number of aromatic nitrogens is 2. The second kappa shape index (κ2) is 5.96. The number of nitro benzene ring substituents is 1. The lowest BCUT2D eigenvalue weighted by molar-refractivity contribution is -0.385. The van der Waals surface area contributed by atoms with E-state index >= 15 is 0 Å². The zero-order valence-electron chi connectivity index (χ0n) is 12.7. The highest BCUT2D eigenvalue weighted by atomic mass is 16.6. The summed E-state index contributed by atoms with van der Waals surface area (Å²) in [4.78, 5) is 35.8. The van der Waals surface area contributed by atoms with Crippen LogP contribution in [0.5, 0.6) is 0 Å². The van der Waals surface area contributed by atoms with E-state index in [-0.39, 0.29) is 16.8 Å². The third kappa shape index (κ3) is 2.52. The monoisotopic (exact) mass is 323 g/mol.